The lowest BCUT2D eigenvalue weighted by molar-refractivity contribution is -0.138. The largest absolute Gasteiger partial charge is 0.342 e. The van der Waals surface area contributed by atoms with Crippen molar-refractivity contribution in [2.24, 2.45) is 11.7 Å². The normalized spacial score (nSPS) is 26.1. The van der Waals surface area contributed by atoms with Gasteiger partial charge < -0.3 is 20.9 Å². The number of piperidine rings is 2. The van der Waals surface area contributed by atoms with Gasteiger partial charge in [-0.25, -0.2) is 4.79 Å². The number of amides is 3. The maximum absolute atomic E-state index is 12.7. The number of nitrogens with two attached hydrogens (primary N) is 1. The highest BCUT2D eigenvalue weighted by Gasteiger charge is 2.33. The highest BCUT2D eigenvalue weighted by atomic mass is 35.5. The number of hydrogen-bond acceptors (Lipinski definition) is 3. The first-order chi connectivity index (χ1) is 11.1. The summed E-state index contributed by atoms with van der Waals surface area (Å²) in [5.74, 6) is 0.183. The van der Waals surface area contributed by atoms with Crippen molar-refractivity contribution in [2.75, 3.05) is 26.2 Å². The Morgan fingerprint density at radius 1 is 0.875 bits per heavy atom. The van der Waals surface area contributed by atoms with Gasteiger partial charge in [0.05, 0.1) is 5.92 Å². The lowest BCUT2D eigenvalue weighted by atomic mass is 9.95. The zero-order valence-electron chi connectivity index (χ0n) is 14.4. The van der Waals surface area contributed by atoms with Crippen LogP contribution in [-0.4, -0.2) is 60.0 Å². The summed E-state index contributed by atoms with van der Waals surface area (Å²) in [6.45, 7) is 2.88. The van der Waals surface area contributed by atoms with Gasteiger partial charge >= 0.3 is 6.03 Å². The molecule has 3 fully saturated rings. The van der Waals surface area contributed by atoms with E-state index in [1.165, 1.54) is 12.8 Å². The summed E-state index contributed by atoms with van der Waals surface area (Å²) in [6.07, 6.45) is 8.21. The molecule has 0 radical (unpaired) electrons. The van der Waals surface area contributed by atoms with Crippen LogP contribution < -0.4 is 11.1 Å². The van der Waals surface area contributed by atoms with Gasteiger partial charge in [-0.3, -0.25) is 4.79 Å². The third-order valence-electron chi connectivity index (χ3n) is 5.59. The van der Waals surface area contributed by atoms with Crippen molar-refractivity contribution in [3.05, 3.63) is 0 Å². The molecule has 3 N–H and O–H groups in total. The van der Waals surface area contributed by atoms with Crippen LogP contribution in [0.25, 0.3) is 0 Å². The number of nitrogens with one attached hydrogen (secondary N) is 1. The van der Waals surface area contributed by atoms with E-state index in [0.29, 0.717) is 12.6 Å². The average molecular weight is 359 g/mol. The molecule has 3 aliphatic rings. The van der Waals surface area contributed by atoms with Gasteiger partial charge in [-0.15, -0.1) is 12.4 Å². The van der Waals surface area contributed by atoms with E-state index >= 15 is 0 Å². The summed E-state index contributed by atoms with van der Waals surface area (Å²) in [5.41, 5.74) is 5.92. The third kappa shape index (κ3) is 4.76. The van der Waals surface area contributed by atoms with Gasteiger partial charge in [0.25, 0.3) is 0 Å². The van der Waals surface area contributed by atoms with Crippen molar-refractivity contribution >= 4 is 24.3 Å². The molecule has 24 heavy (non-hydrogen) atoms. The second kappa shape index (κ2) is 8.90. The highest BCUT2D eigenvalue weighted by Crippen LogP contribution is 2.22. The van der Waals surface area contributed by atoms with Crippen molar-refractivity contribution < 1.29 is 9.59 Å². The Hall–Kier alpha value is -1.01. The predicted octanol–water partition coefficient (Wildman–Crippen LogP) is 1.72. The number of urea groups is 1. The monoisotopic (exact) mass is 358 g/mol. The highest BCUT2D eigenvalue weighted by molar-refractivity contribution is 5.85. The average Bonchev–Trinajstić information content (AvgIpc) is 3.08. The fourth-order valence-electron chi connectivity index (χ4n) is 4.08. The first kappa shape index (κ1) is 19.3. The minimum Gasteiger partial charge on any atom is -0.342 e. The van der Waals surface area contributed by atoms with E-state index in [4.69, 9.17) is 5.73 Å². The quantitative estimate of drug-likeness (QED) is 0.788. The Labute approximate surface area is 150 Å². The second-order valence-corrected chi connectivity index (χ2v) is 7.38. The summed E-state index contributed by atoms with van der Waals surface area (Å²) >= 11 is 0. The van der Waals surface area contributed by atoms with Crippen LogP contribution in [-0.2, 0) is 4.79 Å². The molecule has 7 heteroatoms. The van der Waals surface area contributed by atoms with E-state index in [2.05, 4.69) is 5.32 Å². The van der Waals surface area contributed by atoms with Crippen LogP contribution in [0.4, 0.5) is 4.79 Å². The van der Waals surface area contributed by atoms with Crippen molar-refractivity contribution in [1.29, 1.82) is 0 Å². The van der Waals surface area contributed by atoms with E-state index in [9.17, 15) is 9.59 Å². The fourth-order valence-corrected chi connectivity index (χ4v) is 4.08. The topological polar surface area (TPSA) is 78.7 Å². The van der Waals surface area contributed by atoms with E-state index in [1.807, 2.05) is 9.80 Å². The summed E-state index contributed by atoms with van der Waals surface area (Å²) in [5, 5.41) is 3.14. The van der Waals surface area contributed by atoms with E-state index in [-0.39, 0.29) is 36.3 Å². The molecule has 2 aliphatic heterocycles. The minimum absolute atomic E-state index is 0. The number of carbonyl (C=O) groups excluding carboxylic acids is 2. The summed E-state index contributed by atoms with van der Waals surface area (Å²) in [6, 6.07) is 0.594. The van der Waals surface area contributed by atoms with Crippen molar-refractivity contribution in [2.45, 2.75) is 63.5 Å². The Kier molecular flexibility index (Phi) is 7.16. The Bertz CT molecular complexity index is 434. The number of carbonyl (C=O) groups is 2. The molecule has 2 heterocycles. The van der Waals surface area contributed by atoms with Gasteiger partial charge in [-0.2, -0.15) is 0 Å². The number of likely N-dealkylation sites (tertiary alicyclic amines) is 2. The summed E-state index contributed by atoms with van der Waals surface area (Å²) in [7, 11) is 0. The van der Waals surface area contributed by atoms with E-state index in [0.717, 1.165) is 58.2 Å². The van der Waals surface area contributed by atoms with Crippen LogP contribution in [0.5, 0.6) is 0 Å². The molecule has 1 unspecified atom stereocenters. The zero-order chi connectivity index (χ0) is 16.2. The number of hydrogen-bond donors (Lipinski definition) is 2. The number of halogens is 1. The molecule has 0 bridgehead atoms. The lowest BCUT2D eigenvalue weighted by Gasteiger charge is -2.37. The molecule has 3 amide bonds. The van der Waals surface area contributed by atoms with E-state index < -0.39 is 0 Å². The maximum atomic E-state index is 12.7. The molecule has 0 aromatic rings. The van der Waals surface area contributed by atoms with Gasteiger partial charge in [-0.05, 0) is 38.5 Å². The van der Waals surface area contributed by atoms with Crippen LogP contribution in [0.3, 0.4) is 0 Å². The molecular weight excluding hydrogens is 328 g/mol. The first-order valence-corrected chi connectivity index (χ1v) is 9.23. The van der Waals surface area contributed by atoms with Crippen molar-refractivity contribution in [3.63, 3.8) is 0 Å². The van der Waals surface area contributed by atoms with Crippen LogP contribution in [0.2, 0.25) is 0 Å². The van der Waals surface area contributed by atoms with Gasteiger partial charge in [-0.1, -0.05) is 12.8 Å². The van der Waals surface area contributed by atoms with Crippen LogP contribution in [0.15, 0.2) is 0 Å². The molecular formula is C17H31ClN4O2. The second-order valence-electron chi connectivity index (χ2n) is 7.38. The Morgan fingerprint density at radius 3 is 2.21 bits per heavy atom. The number of nitrogens with zero attached hydrogens (tertiary/aromatic N) is 2. The predicted molar refractivity (Wildman–Crippen MR) is 96.1 cm³/mol. The van der Waals surface area contributed by atoms with Crippen LogP contribution in [0.1, 0.15) is 51.4 Å². The molecule has 138 valence electrons. The van der Waals surface area contributed by atoms with Crippen molar-refractivity contribution in [3.8, 4) is 0 Å². The molecule has 0 spiro atoms. The molecule has 6 nitrogen and oxygen atoms in total. The minimum atomic E-state index is -0.0348. The summed E-state index contributed by atoms with van der Waals surface area (Å²) in [4.78, 5) is 28.9. The third-order valence-corrected chi connectivity index (χ3v) is 5.59. The Balaban J connectivity index is 0.00000208. The molecule has 0 aromatic carbocycles. The van der Waals surface area contributed by atoms with Gasteiger partial charge in [0.2, 0.25) is 5.91 Å². The molecule has 1 aliphatic carbocycles. The van der Waals surface area contributed by atoms with Crippen LogP contribution in [0, 0.1) is 5.92 Å². The van der Waals surface area contributed by atoms with E-state index in [1.54, 1.807) is 0 Å². The van der Waals surface area contributed by atoms with Gasteiger partial charge in [0, 0.05) is 38.3 Å². The van der Waals surface area contributed by atoms with Crippen LogP contribution >= 0.6 is 12.4 Å². The zero-order valence-corrected chi connectivity index (χ0v) is 15.2. The first-order valence-electron chi connectivity index (χ1n) is 9.23. The fraction of sp³-hybridized carbons (Fsp3) is 0.882. The molecule has 2 saturated heterocycles. The SMILES string of the molecule is Cl.NC1CCN(C(=O)C2CCCN(C(=O)NC3CCCC3)C2)CC1. The van der Waals surface area contributed by atoms with Gasteiger partial charge in [0.1, 0.15) is 0 Å². The molecule has 1 saturated carbocycles. The molecule has 3 rings (SSSR count). The van der Waals surface area contributed by atoms with Gasteiger partial charge in [0.15, 0.2) is 0 Å². The molecule has 0 aromatic heterocycles. The smallest absolute Gasteiger partial charge is 0.317 e. The summed E-state index contributed by atoms with van der Waals surface area (Å²) < 4.78 is 0. The maximum Gasteiger partial charge on any atom is 0.317 e. The number of rotatable bonds is 2. The lowest BCUT2D eigenvalue weighted by Crippen LogP contribution is -2.52. The molecule has 1 atom stereocenters. The Morgan fingerprint density at radius 2 is 1.54 bits per heavy atom. The van der Waals surface area contributed by atoms with Crippen molar-refractivity contribution in [1.82, 2.24) is 15.1 Å². The standard InChI is InChI=1S/C17H30N4O2.ClH/c18-14-7-10-20(11-8-14)16(22)13-4-3-9-21(12-13)17(23)19-15-5-1-2-6-15;/h13-15H,1-12,18H2,(H,19,23);1H.